The van der Waals surface area contributed by atoms with Crippen LogP contribution in [0.5, 0.6) is 5.75 Å². The van der Waals surface area contributed by atoms with E-state index in [-0.39, 0.29) is 36.2 Å². The number of rotatable bonds is 11. The van der Waals surface area contributed by atoms with Crippen LogP contribution >= 0.6 is 11.3 Å². The van der Waals surface area contributed by atoms with Crippen LogP contribution in [0.15, 0.2) is 60.0 Å². The maximum Gasteiger partial charge on any atom is 0.325 e. The number of amides is 4. The van der Waals surface area contributed by atoms with Gasteiger partial charge in [0.15, 0.2) is 10.9 Å². The third-order valence-corrected chi connectivity index (χ3v) is 6.99. The number of carbonyl (C=O) groups excluding carboxylic acids is 4. The second-order valence-electron chi connectivity index (χ2n) is 8.68. The molecule has 198 valence electrons. The molecule has 3 atom stereocenters. The number of aliphatic hydroxyl groups excluding tert-OH is 1. The number of aliphatic hydroxyl groups is 1. The highest BCUT2D eigenvalue weighted by Crippen LogP contribution is 2.32. The van der Waals surface area contributed by atoms with Crippen LogP contribution in [0.4, 0.5) is 9.93 Å². The smallest absolute Gasteiger partial charge is 0.325 e. The molecule has 10 nitrogen and oxygen atoms in total. The first-order chi connectivity index (χ1) is 18.3. The third kappa shape index (κ3) is 5.74. The van der Waals surface area contributed by atoms with Gasteiger partial charge >= 0.3 is 6.03 Å². The van der Waals surface area contributed by atoms with E-state index in [1.54, 1.807) is 43.5 Å². The summed E-state index contributed by atoms with van der Waals surface area (Å²) in [6.45, 7) is 3.50. The van der Waals surface area contributed by atoms with Crippen molar-refractivity contribution in [3.63, 3.8) is 0 Å². The average Bonchev–Trinajstić information content (AvgIpc) is 3.52. The Morgan fingerprint density at radius 2 is 1.87 bits per heavy atom. The molecule has 1 aromatic heterocycles. The Morgan fingerprint density at radius 1 is 1.16 bits per heavy atom. The van der Waals surface area contributed by atoms with Crippen LogP contribution in [-0.4, -0.2) is 57.9 Å². The molecular formula is C27H28N4O6S. The van der Waals surface area contributed by atoms with Gasteiger partial charge in [0, 0.05) is 17.7 Å². The minimum atomic E-state index is -1.18. The van der Waals surface area contributed by atoms with Gasteiger partial charge in [-0.05, 0) is 23.3 Å². The average molecular weight is 537 g/mol. The summed E-state index contributed by atoms with van der Waals surface area (Å²) in [7, 11) is 0. The summed E-state index contributed by atoms with van der Waals surface area (Å²) in [5, 5.41) is 16.1. The molecule has 2 aromatic carbocycles. The zero-order chi connectivity index (χ0) is 27.2. The number of nitrogens with zero attached hydrogens (tertiary/aromatic N) is 2. The molecular weight excluding hydrogens is 508 g/mol. The van der Waals surface area contributed by atoms with Crippen molar-refractivity contribution in [2.24, 2.45) is 0 Å². The Balaban J connectivity index is 1.62. The van der Waals surface area contributed by atoms with E-state index in [1.807, 2.05) is 30.3 Å². The van der Waals surface area contributed by atoms with E-state index in [0.717, 1.165) is 21.8 Å². The molecule has 0 spiro atoms. The van der Waals surface area contributed by atoms with Crippen LogP contribution in [0.1, 0.15) is 53.8 Å². The number of thiazole rings is 1. The number of hydrogen-bond acceptors (Lipinski definition) is 8. The molecule has 3 aromatic rings. The molecule has 1 aliphatic rings. The normalized spacial score (nSPS) is 16.6. The van der Waals surface area contributed by atoms with Gasteiger partial charge in [-0.3, -0.25) is 14.4 Å². The number of nitrogens with one attached hydrogen (secondary N) is 2. The fourth-order valence-corrected chi connectivity index (χ4v) is 4.95. The Morgan fingerprint density at radius 3 is 2.53 bits per heavy atom. The summed E-state index contributed by atoms with van der Waals surface area (Å²) in [6, 6.07) is 12.8. The van der Waals surface area contributed by atoms with E-state index >= 15 is 0 Å². The van der Waals surface area contributed by atoms with Gasteiger partial charge in [0.05, 0.1) is 6.61 Å². The zero-order valence-corrected chi connectivity index (χ0v) is 21.7. The molecule has 1 aliphatic heterocycles. The number of aromatic nitrogens is 1. The second kappa shape index (κ2) is 12.0. The van der Waals surface area contributed by atoms with Crippen molar-refractivity contribution in [1.82, 2.24) is 15.2 Å². The van der Waals surface area contributed by atoms with Crippen LogP contribution < -0.4 is 15.4 Å². The van der Waals surface area contributed by atoms with Gasteiger partial charge in [-0.1, -0.05) is 56.3 Å². The fourth-order valence-electron chi connectivity index (χ4n) is 4.23. The molecule has 0 saturated carbocycles. The molecule has 1 unspecified atom stereocenters. The number of urea groups is 1. The van der Waals surface area contributed by atoms with E-state index in [1.165, 1.54) is 0 Å². The summed E-state index contributed by atoms with van der Waals surface area (Å²) < 4.78 is 5.36. The van der Waals surface area contributed by atoms with E-state index in [4.69, 9.17) is 9.84 Å². The van der Waals surface area contributed by atoms with Crippen molar-refractivity contribution < 1.29 is 29.0 Å². The summed E-state index contributed by atoms with van der Waals surface area (Å²) in [4.78, 5) is 57.5. The van der Waals surface area contributed by atoms with Crippen LogP contribution in [0.2, 0.25) is 0 Å². The number of ketones is 1. The van der Waals surface area contributed by atoms with Crippen LogP contribution in [0.3, 0.4) is 0 Å². The summed E-state index contributed by atoms with van der Waals surface area (Å²) >= 11 is 1.10. The third-order valence-electron chi connectivity index (χ3n) is 6.23. The predicted octanol–water partition coefficient (Wildman–Crippen LogP) is 3.51. The van der Waals surface area contributed by atoms with Crippen molar-refractivity contribution in [2.45, 2.75) is 38.3 Å². The van der Waals surface area contributed by atoms with Crippen molar-refractivity contribution in [1.29, 1.82) is 0 Å². The second-order valence-corrected chi connectivity index (χ2v) is 9.54. The van der Waals surface area contributed by atoms with E-state index in [0.29, 0.717) is 11.3 Å². The SMILES string of the molecule is CCC(=O)c1csc(NC(=O)[C@H]([C@@H](C)c2ccccc2)N2C(=O)NC(c3ccc(OCCO)cc3)C2=O)n1. The van der Waals surface area contributed by atoms with Gasteiger partial charge < -0.3 is 20.5 Å². The first-order valence-corrected chi connectivity index (χ1v) is 13.0. The Kier molecular flexibility index (Phi) is 8.49. The Labute approximate surface area is 223 Å². The number of carbonyl (C=O) groups is 4. The highest BCUT2D eigenvalue weighted by Gasteiger charge is 2.47. The van der Waals surface area contributed by atoms with E-state index in [9.17, 15) is 19.2 Å². The topological polar surface area (TPSA) is 138 Å². The monoisotopic (exact) mass is 536 g/mol. The highest BCUT2D eigenvalue weighted by atomic mass is 32.1. The maximum atomic E-state index is 13.6. The summed E-state index contributed by atoms with van der Waals surface area (Å²) in [5.74, 6) is -1.35. The molecule has 1 saturated heterocycles. The first-order valence-electron chi connectivity index (χ1n) is 12.2. The summed E-state index contributed by atoms with van der Waals surface area (Å²) in [6.07, 6.45) is 0.281. The molecule has 0 bridgehead atoms. The van der Waals surface area contributed by atoms with Crippen LogP contribution in [-0.2, 0) is 9.59 Å². The van der Waals surface area contributed by atoms with Gasteiger partial charge in [0.1, 0.15) is 30.1 Å². The minimum absolute atomic E-state index is 0.131. The number of ether oxygens (including phenoxy) is 1. The largest absolute Gasteiger partial charge is 0.491 e. The van der Waals surface area contributed by atoms with Crippen molar-refractivity contribution >= 4 is 40.1 Å². The lowest BCUT2D eigenvalue weighted by atomic mass is 9.91. The van der Waals surface area contributed by atoms with Crippen molar-refractivity contribution in [2.75, 3.05) is 18.5 Å². The fraction of sp³-hybridized carbons (Fsp3) is 0.296. The molecule has 3 N–H and O–H groups in total. The molecule has 1 fully saturated rings. The zero-order valence-electron chi connectivity index (χ0n) is 20.9. The van der Waals surface area contributed by atoms with Gasteiger partial charge in [0.2, 0.25) is 5.91 Å². The number of Topliss-reactive ketones (excluding diaryl/α,β-unsaturated/α-hetero) is 1. The molecule has 2 heterocycles. The van der Waals surface area contributed by atoms with Gasteiger partial charge in [0.25, 0.3) is 5.91 Å². The van der Waals surface area contributed by atoms with Gasteiger partial charge in [-0.15, -0.1) is 11.3 Å². The van der Waals surface area contributed by atoms with Crippen LogP contribution in [0, 0.1) is 0 Å². The van der Waals surface area contributed by atoms with Gasteiger partial charge in [-0.2, -0.15) is 0 Å². The van der Waals surface area contributed by atoms with E-state index < -0.39 is 35.8 Å². The quantitative estimate of drug-likeness (QED) is 0.252. The Hall–Kier alpha value is -4.09. The summed E-state index contributed by atoms with van der Waals surface area (Å²) in [5.41, 5.74) is 1.54. The number of benzene rings is 2. The first kappa shape index (κ1) is 27.0. The molecule has 0 aliphatic carbocycles. The standard InChI is InChI=1S/C27H28N4O6S/c1-3-21(33)20-15-38-26(28-20)30-24(34)23(16(2)17-7-5-4-6-8-17)31-25(35)22(29-27(31)36)18-9-11-19(12-10-18)37-14-13-32/h4-12,15-16,22-23,32H,3,13-14H2,1-2H3,(H,29,36)(H,28,30,34)/t16-,22?,23-/m0/s1. The Bertz CT molecular complexity index is 1310. The molecule has 0 radical (unpaired) electrons. The van der Waals surface area contributed by atoms with Crippen molar-refractivity contribution in [3.8, 4) is 5.75 Å². The van der Waals surface area contributed by atoms with Crippen LogP contribution in [0.25, 0.3) is 0 Å². The molecule has 4 rings (SSSR count). The minimum Gasteiger partial charge on any atom is -0.491 e. The number of hydrogen-bond donors (Lipinski definition) is 3. The lowest BCUT2D eigenvalue weighted by Crippen LogP contribution is -2.50. The molecule has 11 heteroatoms. The lowest BCUT2D eigenvalue weighted by Gasteiger charge is -2.29. The number of anilines is 1. The van der Waals surface area contributed by atoms with Gasteiger partial charge in [-0.25, -0.2) is 14.7 Å². The number of imide groups is 1. The predicted molar refractivity (Wildman–Crippen MR) is 141 cm³/mol. The highest BCUT2D eigenvalue weighted by molar-refractivity contribution is 7.14. The van der Waals surface area contributed by atoms with Crippen molar-refractivity contribution in [3.05, 3.63) is 76.8 Å². The maximum absolute atomic E-state index is 13.6. The molecule has 38 heavy (non-hydrogen) atoms. The lowest BCUT2D eigenvalue weighted by molar-refractivity contribution is -0.134. The van der Waals surface area contributed by atoms with E-state index in [2.05, 4.69) is 15.6 Å². The molecule has 4 amide bonds.